The molecule has 1 aliphatic carbocycles. The minimum Gasteiger partial charge on any atom is -0.374 e. The summed E-state index contributed by atoms with van der Waals surface area (Å²) in [6.07, 6.45) is 2.80. The smallest absolute Gasteiger partial charge is 0.0412 e. The van der Waals surface area contributed by atoms with E-state index in [-0.39, 0.29) is 0 Å². The molecule has 1 aromatic carbocycles. The molecule has 94 valence electrons. The molecular weight excluding hydrogens is 276 g/mol. The van der Waals surface area contributed by atoms with Crippen molar-refractivity contribution in [2.45, 2.75) is 25.8 Å². The van der Waals surface area contributed by atoms with Crippen LogP contribution in [0.3, 0.4) is 0 Å². The van der Waals surface area contributed by atoms with Crippen LogP contribution in [0.15, 0.2) is 22.7 Å². The highest BCUT2D eigenvalue weighted by atomic mass is 79.9. The van der Waals surface area contributed by atoms with Crippen LogP contribution in [0.25, 0.3) is 0 Å². The van der Waals surface area contributed by atoms with E-state index in [2.05, 4.69) is 58.3 Å². The fraction of sp³-hybridized carbons (Fsp3) is 0.571. The van der Waals surface area contributed by atoms with Gasteiger partial charge in [0.15, 0.2) is 0 Å². The normalized spacial score (nSPS) is 16.9. The summed E-state index contributed by atoms with van der Waals surface area (Å²) in [6, 6.07) is 6.95. The van der Waals surface area contributed by atoms with Crippen LogP contribution in [0.4, 0.5) is 5.69 Å². The van der Waals surface area contributed by atoms with Gasteiger partial charge in [-0.3, -0.25) is 0 Å². The van der Waals surface area contributed by atoms with Crippen molar-refractivity contribution in [2.24, 2.45) is 5.92 Å². The lowest BCUT2D eigenvalue weighted by Gasteiger charge is -2.25. The maximum absolute atomic E-state index is 3.56. The molecule has 17 heavy (non-hydrogen) atoms. The summed E-state index contributed by atoms with van der Waals surface area (Å²) < 4.78 is 1.15. The first-order valence-electron chi connectivity index (χ1n) is 6.29. The van der Waals surface area contributed by atoms with Crippen molar-refractivity contribution in [3.63, 3.8) is 0 Å². The van der Waals surface area contributed by atoms with Crippen LogP contribution >= 0.6 is 15.9 Å². The van der Waals surface area contributed by atoms with Crippen molar-refractivity contribution in [3.8, 4) is 0 Å². The van der Waals surface area contributed by atoms with Gasteiger partial charge in [0, 0.05) is 29.8 Å². The van der Waals surface area contributed by atoms with Gasteiger partial charge in [0.1, 0.15) is 0 Å². The number of nitrogens with zero attached hydrogens (tertiary/aromatic N) is 1. The molecule has 0 heterocycles. The molecule has 1 atom stereocenters. The Bertz CT molecular complexity index is 388. The summed E-state index contributed by atoms with van der Waals surface area (Å²) in [6.45, 7) is 3.39. The Morgan fingerprint density at radius 1 is 1.47 bits per heavy atom. The molecule has 0 bridgehead atoms. The van der Waals surface area contributed by atoms with E-state index >= 15 is 0 Å². The first kappa shape index (κ1) is 12.9. The van der Waals surface area contributed by atoms with Gasteiger partial charge in [-0.25, -0.2) is 0 Å². The van der Waals surface area contributed by atoms with E-state index in [9.17, 15) is 0 Å². The standard InChI is InChI=1S/C14H21BrN2/c1-10(16-2)13-8-12(15)6-7-14(13)17(3)9-11-4-5-11/h6-8,10-11,16H,4-5,9H2,1-3H3. The Hall–Kier alpha value is -0.540. The van der Waals surface area contributed by atoms with E-state index in [1.807, 2.05) is 7.05 Å². The van der Waals surface area contributed by atoms with Gasteiger partial charge in [0.2, 0.25) is 0 Å². The molecule has 0 radical (unpaired) electrons. The Morgan fingerprint density at radius 3 is 2.76 bits per heavy atom. The lowest BCUT2D eigenvalue weighted by molar-refractivity contribution is 0.647. The third-order valence-corrected chi connectivity index (χ3v) is 4.02. The number of rotatable bonds is 5. The number of anilines is 1. The summed E-state index contributed by atoms with van der Waals surface area (Å²) in [5, 5.41) is 3.33. The second-order valence-corrected chi connectivity index (χ2v) is 5.95. The largest absolute Gasteiger partial charge is 0.374 e. The summed E-state index contributed by atoms with van der Waals surface area (Å²) in [5.41, 5.74) is 2.71. The lowest BCUT2D eigenvalue weighted by atomic mass is 10.1. The number of hydrogen-bond donors (Lipinski definition) is 1. The van der Waals surface area contributed by atoms with Crippen LogP contribution in [0.2, 0.25) is 0 Å². The second-order valence-electron chi connectivity index (χ2n) is 5.04. The summed E-state index contributed by atoms with van der Waals surface area (Å²) in [7, 11) is 4.21. The van der Waals surface area contributed by atoms with Crippen molar-refractivity contribution < 1.29 is 0 Å². The van der Waals surface area contributed by atoms with Crippen molar-refractivity contribution in [1.29, 1.82) is 0 Å². The SMILES string of the molecule is CNC(C)c1cc(Br)ccc1N(C)CC1CC1. The Balaban J connectivity index is 2.23. The fourth-order valence-corrected chi connectivity index (χ4v) is 2.54. The van der Waals surface area contributed by atoms with Gasteiger partial charge in [-0.15, -0.1) is 0 Å². The van der Waals surface area contributed by atoms with E-state index in [1.54, 1.807) is 0 Å². The minimum absolute atomic E-state index is 0.379. The maximum Gasteiger partial charge on any atom is 0.0412 e. The molecule has 0 amide bonds. The Kier molecular flexibility index (Phi) is 4.10. The molecule has 0 aliphatic heterocycles. The number of hydrogen-bond acceptors (Lipinski definition) is 2. The average molecular weight is 297 g/mol. The fourth-order valence-electron chi connectivity index (χ4n) is 2.16. The molecule has 1 aromatic rings. The molecule has 2 rings (SSSR count). The highest BCUT2D eigenvalue weighted by Crippen LogP contribution is 2.34. The maximum atomic E-state index is 3.56. The third kappa shape index (κ3) is 3.23. The van der Waals surface area contributed by atoms with Gasteiger partial charge >= 0.3 is 0 Å². The minimum atomic E-state index is 0.379. The molecule has 0 aromatic heterocycles. The van der Waals surface area contributed by atoms with Gasteiger partial charge in [-0.1, -0.05) is 15.9 Å². The molecule has 1 aliphatic rings. The Morgan fingerprint density at radius 2 is 2.18 bits per heavy atom. The predicted octanol–water partition coefficient (Wildman–Crippen LogP) is 3.58. The highest BCUT2D eigenvalue weighted by molar-refractivity contribution is 9.10. The van der Waals surface area contributed by atoms with E-state index in [4.69, 9.17) is 0 Å². The van der Waals surface area contributed by atoms with Crippen LogP contribution in [0, 0.1) is 5.92 Å². The number of nitrogens with one attached hydrogen (secondary N) is 1. The van der Waals surface area contributed by atoms with Gasteiger partial charge in [0.05, 0.1) is 0 Å². The molecule has 1 saturated carbocycles. The summed E-state index contributed by atoms with van der Waals surface area (Å²) in [4.78, 5) is 2.40. The zero-order valence-corrected chi connectivity index (χ0v) is 12.4. The molecule has 2 nitrogen and oxygen atoms in total. The van der Waals surface area contributed by atoms with E-state index in [1.165, 1.54) is 30.6 Å². The van der Waals surface area contributed by atoms with Crippen molar-refractivity contribution in [1.82, 2.24) is 5.32 Å². The van der Waals surface area contributed by atoms with Crippen molar-refractivity contribution in [2.75, 3.05) is 25.5 Å². The highest BCUT2D eigenvalue weighted by Gasteiger charge is 2.24. The van der Waals surface area contributed by atoms with E-state index in [0.717, 1.165) is 10.4 Å². The molecule has 1 N–H and O–H groups in total. The quantitative estimate of drug-likeness (QED) is 0.893. The number of benzene rings is 1. The van der Waals surface area contributed by atoms with Crippen LogP contribution in [-0.2, 0) is 0 Å². The monoisotopic (exact) mass is 296 g/mol. The molecular formula is C14H21BrN2. The molecule has 0 spiro atoms. The molecule has 1 unspecified atom stereocenters. The summed E-state index contributed by atoms with van der Waals surface area (Å²) >= 11 is 3.56. The summed E-state index contributed by atoms with van der Waals surface area (Å²) in [5.74, 6) is 0.918. The molecule has 0 saturated heterocycles. The van der Waals surface area contributed by atoms with Gasteiger partial charge in [-0.2, -0.15) is 0 Å². The van der Waals surface area contributed by atoms with Gasteiger partial charge in [-0.05, 0) is 56.5 Å². The molecule has 1 fully saturated rings. The van der Waals surface area contributed by atoms with Crippen molar-refractivity contribution in [3.05, 3.63) is 28.2 Å². The van der Waals surface area contributed by atoms with Gasteiger partial charge in [0.25, 0.3) is 0 Å². The average Bonchev–Trinajstić information content (AvgIpc) is 3.11. The Labute approximate surface area is 113 Å². The zero-order valence-electron chi connectivity index (χ0n) is 10.8. The van der Waals surface area contributed by atoms with Crippen LogP contribution in [-0.4, -0.2) is 20.6 Å². The number of halogens is 1. The van der Waals surface area contributed by atoms with Crippen LogP contribution in [0.5, 0.6) is 0 Å². The third-order valence-electron chi connectivity index (χ3n) is 3.53. The topological polar surface area (TPSA) is 15.3 Å². The predicted molar refractivity (Wildman–Crippen MR) is 77.6 cm³/mol. The lowest BCUT2D eigenvalue weighted by Crippen LogP contribution is -2.23. The molecule has 3 heteroatoms. The second kappa shape index (κ2) is 5.40. The zero-order chi connectivity index (χ0) is 12.4. The van der Waals surface area contributed by atoms with E-state index < -0.39 is 0 Å². The van der Waals surface area contributed by atoms with Crippen LogP contribution < -0.4 is 10.2 Å². The van der Waals surface area contributed by atoms with Gasteiger partial charge < -0.3 is 10.2 Å². The first-order chi connectivity index (χ1) is 8.11. The first-order valence-corrected chi connectivity index (χ1v) is 7.09. The van der Waals surface area contributed by atoms with E-state index in [0.29, 0.717) is 6.04 Å². The van der Waals surface area contributed by atoms with Crippen LogP contribution in [0.1, 0.15) is 31.4 Å². The van der Waals surface area contributed by atoms with Crippen molar-refractivity contribution >= 4 is 21.6 Å².